The van der Waals surface area contributed by atoms with Crippen LogP contribution in [-0.4, -0.2) is 21.6 Å². The van der Waals surface area contributed by atoms with Gasteiger partial charge < -0.3 is 5.11 Å². The van der Waals surface area contributed by atoms with Crippen LogP contribution in [0.3, 0.4) is 0 Å². The molecule has 8 nitrogen and oxygen atoms in total. The largest absolute Gasteiger partial charge is 0.396 e. The Morgan fingerprint density at radius 2 is 1.90 bits per heavy atom. The molecule has 0 aliphatic rings. The molecule has 8 heteroatoms. The molecule has 0 amide bonds. The van der Waals surface area contributed by atoms with Crippen molar-refractivity contribution in [2.45, 2.75) is 6.42 Å². The molecule has 0 spiro atoms. The van der Waals surface area contributed by atoms with E-state index in [1.165, 1.54) is 16.7 Å². The molecule has 2 rings (SSSR count). The van der Waals surface area contributed by atoms with Crippen molar-refractivity contribution in [1.82, 2.24) is 0 Å². The number of non-ortho nitro benzene ring substituents is 1. The number of nitrogens with zero attached hydrogens (tertiary/aromatic N) is 3. The number of rotatable bonds is 5. The minimum Gasteiger partial charge on any atom is -0.396 e. The van der Waals surface area contributed by atoms with Crippen LogP contribution in [0.25, 0.3) is 5.69 Å². The predicted octanol–water partition coefficient (Wildman–Crippen LogP) is 1.31. The third-order valence-corrected chi connectivity index (χ3v) is 2.91. The van der Waals surface area contributed by atoms with Crippen molar-refractivity contribution in [1.29, 1.82) is 0 Å². The molecule has 1 N–H and O–H groups in total. The lowest BCUT2D eigenvalue weighted by atomic mass is 10.2. The van der Waals surface area contributed by atoms with E-state index in [2.05, 4.69) is 0 Å². The maximum absolute atomic E-state index is 11.1. The summed E-state index contributed by atoms with van der Waals surface area (Å²) < 4.78 is 1.51. The first kappa shape index (κ1) is 14.5. The summed E-state index contributed by atoms with van der Waals surface area (Å²) >= 11 is 0. The fourth-order valence-corrected chi connectivity index (χ4v) is 1.94. The summed E-state index contributed by atoms with van der Waals surface area (Å²) in [6, 6.07) is 6.95. The summed E-state index contributed by atoms with van der Waals surface area (Å²) in [6.45, 7) is -0.0353. The van der Waals surface area contributed by atoms with E-state index in [4.69, 9.17) is 5.11 Å². The van der Waals surface area contributed by atoms with E-state index in [9.17, 15) is 20.2 Å². The monoisotopic (exact) mass is 290 g/mol. The number of aliphatic hydroxyl groups is 1. The molecule has 1 aromatic heterocycles. The van der Waals surface area contributed by atoms with Crippen LogP contribution in [0.1, 0.15) is 5.56 Å². The van der Waals surface area contributed by atoms with Crippen molar-refractivity contribution in [3.63, 3.8) is 0 Å². The second kappa shape index (κ2) is 6.06. The van der Waals surface area contributed by atoms with Gasteiger partial charge in [-0.3, -0.25) is 20.2 Å². The first-order valence-electron chi connectivity index (χ1n) is 6.07. The molecule has 0 unspecified atom stereocenters. The summed E-state index contributed by atoms with van der Waals surface area (Å²) in [6.07, 6.45) is 3.67. The zero-order valence-electron chi connectivity index (χ0n) is 10.9. The topological polar surface area (TPSA) is 110 Å². The third-order valence-electron chi connectivity index (χ3n) is 2.91. The highest BCUT2D eigenvalue weighted by Crippen LogP contribution is 2.24. The Hall–Kier alpha value is -2.87. The molecule has 0 bridgehead atoms. The van der Waals surface area contributed by atoms with Gasteiger partial charge in [0.15, 0.2) is 12.4 Å². The highest BCUT2D eigenvalue weighted by Gasteiger charge is 2.26. The molecule has 0 saturated heterocycles. The zero-order chi connectivity index (χ0) is 15.4. The Morgan fingerprint density at radius 1 is 1.14 bits per heavy atom. The molecule has 2 aromatic rings. The number of nitro benzene ring substituents is 2. The van der Waals surface area contributed by atoms with Crippen LogP contribution in [0.5, 0.6) is 0 Å². The van der Waals surface area contributed by atoms with Crippen LogP contribution >= 0.6 is 0 Å². The zero-order valence-corrected chi connectivity index (χ0v) is 10.9. The Bertz CT molecular complexity index is 702. The molecule has 0 fully saturated rings. The number of hydrogen-bond donors (Lipinski definition) is 1. The molecule has 0 saturated carbocycles. The lowest BCUT2D eigenvalue weighted by molar-refractivity contribution is -0.601. The maximum Gasteiger partial charge on any atom is 0.347 e. The predicted molar refractivity (Wildman–Crippen MR) is 72.1 cm³/mol. The van der Waals surface area contributed by atoms with Crippen molar-refractivity contribution in [3.8, 4) is 5.69 Å². The lowest BCUT2D eigenvalue weighted by Gasteiger charge is -2.00. The van der Waals surface area contributed by atoms with Gasteiger partial charge >= 0.3 is 5.69 Å². The van der Waals surface area contributed by atoms with Crippen LogP contribution < -0.4 is 4.57 Å². The number of hydrogen-bond acceptors (Lipinski definition) is 5. The van der Waals surface area contributed by atoms with Crippen molar-refractivity contribution in [3.05, 3.63) is 68.5 Å². The average molecular weight is 290 g/mol. The second-order valence-corrected chi connectivity index (χ2v) is 4.28. The average Bonchev–Trinajstić information content (AvgIpc) is 2.47. The van der Waals surface area contributed by atoms with Crippen molar-refractivity contribution in [2.75, 3.05) is 6.61 Å². The van der Waals surface area contributed by atoms with Gasteiger partial charge in [-0.2, -0.15) is 4.57 Å². The van der Waals surface area contributed by atoms with Gasteiger partial charge in [-0.1, -0.05) is 0 Å². The molecule has 0 aliphatic carbocycles. The quantitative estimate of drug-likeness (QED) is 0.507. The van der Waals surface area contributed by atoms with Gasteiger partial charge in [-0.15, -0.1) is 0 Å². The number of aliphatic hydroxyl groups excluding tert-OH is 1. The Labute approximate surface area is 119 Å². The normalized spacial score (nSPS) is 10.3. The van der Waals surface area contributed by atoms with Crippen LogP contribution in [0.4, 0.5) is 11.4 Å². The van der Waals surface area contributed by atoms with Gasteiger partial charge in [0.25, 0.3) is 11.4 Å². The molecule has 1 heterocycles. The fourth-order valence-electron chi connectivity index (χ4n) is 1.94. The molecule has 0 radical (unpaired) electrons. The third kappa shape index (κ3) is 3.18. The summed E-state index contributed by atoms with van der Waals surface area (Å²) in [4.78, 5) is 20.5. The minimum absolute atomic E-state index is 0.0353. The molecular formula is C13H12N3O5+. The minimum atomic E-state index is -0.677. The molecular weight excluding hydrogens is 278 g/mol. The van der Waals surface area contributed by atoms with Crippen molar-refractivity contribution >= 4 is 11.4 Å². The van der Waals surface area contributed by atoms with Crippen LogP contribution in [-0.2, 0) is 6.42 Å². The summed E-state index contributed by atoms with van der Waals surface area (Å²) in [5.74, 6) is 0. The Balaban J connectivity index is 2.55. The lowest BCUT2D eigenvalue weighted by Crippen LogP contribution is -2.31. The summed E-state index contributed by atoms with van der Waals surface area (Å²) in [7, 11) is 0. The summed E-state index contributed by atoms with van der Waals surface area (Å²) in [5, 5.41) is 30.8. The van der Waals surface area contributed by atoms with E-state index < -0.39 is 9.85 Å². The highest BCUT2D eigenvalue weighted by atomic mass is 16.6. The van der Waals surface area contributed by atoms with E-state index in [1.54, 1.807) is 24.5 Å². The molecule has 21 heavy (non-hydrogen) atoms. The van der Waals surface area contributed by atoms with Gasteiger partial charge in [-0.25, -0.2) is 0 Å². The van der Waals surface area contributed by atoms with Crippen LogP contribution in [0.15, 0.2) is 42.7 Å². The van der Waals surface area contributed by atoms with E-state index in [0.29, 0.717) is 6.42 Å². The van der Waals surface area contributed by atoms with E-state index in [0.717, 1.165) is 11.6 Å². The highest BCUT2D eigenvalue weighted by molar-refractivity contribution is 5.53. The van der Waals surface area contributed by atoms with E-state index in [-0.39, 0.29) is 23.7 Å². The number of benzene rings is 1. The van der Waals surface area contributed by atoms with E-state index >= 15 is 0 Å². The number of aromatic nitrogens is 1. The molecule has 0 aliphatic heterocycles. The van der Waals surface area contributed by atoms with Gasteiger partial charge in [0.1, 0.15) is 6.07 Å². The Kier molecular flexibility index (Phi) is 4.19. The van der Waals surface area contributed by atoms with Gasteiger partial charge in [0.05, 0.1) is 9.85 Å². The number of pyridine rings is 1. The van der Waals surface area contributed by atoms with Crippen molar-refractivity contribution < 1.29 is 19.5 Å². The summed E-state index contributed by atoms with van der Waals surface area (Å²) in [5.41, 5.74) is 0.339. The smallest absolute Gasteiger partial charge is 0.347 e. The molecule has 0 atom stereocenters. The standard InChI is InChI=1S/C13H12N3O5/c17-7-5-10-2-1-6-14(9-10)12-4-3-11(15(18)19)8-13(12)16(20)21/h1-4,6,8-9,17H,5,7H2/q+1. The van der Waals surface area contributed by atoms with Gasteiger partial charge in [0.2, 0.25) is 0 Å². The number of nitro groups is 2. The SMILES string of the molecule is O=[N+]([O-])c1ccc(-[n+]2cccc(CCO)c2)c([N+](=O)[O-])c1. The molecule has 1 aromatic carbocycles. The Morgan fingerprint density at radius 3 is 2.52 bits per heavy atom. The fraction of sp³-hybridized carbons (Fsp3) is 0.154. The van der Waals surface area contributed by atoms with Crippen LogP contribution in [0, 0.1) is 20.2 Å². The first-order chi connectivity index (χ1) is 10.0. The second-order valence-electron chi connectivity index (χ2n) is 4.28. The van der Waals surface area contributed by atoms with Gasteiger partial charge in [0, 0.05) is 36.8 Å². The van der Waals surface area contributed by atoms with E-state index in [1.807, 2.05) is 0 Å². The first-order valence-corrected chi connectivity index (χ1v) is 6.07. The van der Waals surface area contributed by atoms with Crippen molar-refractivity contribution in [2.24, 2.45) is 0 Å². The molecule has 108 valence electrons. The maximum atomic E-state index is 11.1. The van der Waals surface area contributed by atoms with Gasteiger partial charge in [-0.05, 0) is 6.07 Å². The van der Waals surface area contributed by atoms with Crippen LogP contribution in [0.2, 0.25) is 0 Å².